The Hall–Kier alpha value is -4.61. The fourth-order valence-electron chi connectivity index (χ4n) is 4.87. The lowest BCUT2D eigenvalue weighted by molar-refractivity contribution is -0.384. The number of thiazole rings is 1. The largest absolute Gasteiger partial charge is 0.493 e. The summed E-state index contributed by atoms with van der Waals surface area (Å²) in [6.45, 7) is 2.45. The third kappa shape index (κ3) is 5.26. The molecule has 0 aliphatic carbocycles. The van der Waals surface area contributed by atoms with Crippen LogP contribution in [-0.4, -0.2) is 83.7 Å². The van der Waals surface area contributed by atoms with Gasteiger partial charge in [-0.05, 0) is 30.4 Å². The Kier molecular flexibility index (Phi) is 7.45. The van der Waals surface area contributed by atoms with E-state index in [-0.39, 0.29) is 14.8 Å². The van der Waals surface area contributed by atoms with Gasteiger partial charge in [0, 0.05) is 49.8 Å². The van der Waals surface area contributed by atoms with Gasteiger partial charge in [-0.15, -0.1) is 0 Å². The molecule has 0 spiro atoms. The number of nitrogens with zero attached hydrogens (tertiary/aromatic N) is 6. The number of aromatic nitrogens is 4. The Morgan fingerprint density at radius 2 is 1.77 bits per heavy atom. The van der Waals surface area contributed by atoms with Crippen molar-refractivity contribution in [2.45, 2.75) is 9.10 Å². The Bertz CT molecular complexity index is 1970. The average Bonchev–Trinajstić information content (AvgIpc) is 3.65. The minimum Gasteiger partial charge on any atom is -0.493 e. The van der Waals surface area contributed by atoms with Crippen molar-refractivity contribution in [2.24, 2.45) is 0 Å². The van der Waals surface area contributed by atoms with Crippen molar-refractivity contribution in [3.05, 3.63) is 59.0 Å². The molecular weight excluding hydrogens is 617 g/mol. The molecule has 14 nitrogen and oxygen atoms in total. The highest BCUT2D eigenvalue weighted by atomic mass is 32.2. The molecule has 4 heterocycles. The van der Waals surface area contributed by atoms with Crippen molar-refractivity contribution in [1.29, 1.82) is 0 Å². The Labute approximate surface area is 254 Å². The minimum absolute atomic E-state index is 0.00256. The van der Waals surface area contributed by atoms with E-state index in [0.29, 0.717) is 53.6 Å². The predicted molar refractivity (Wildman–Crippen MR) is 165 cm³/mol. The molecule has 0 unspecified atom stereocenters. The summed E-state index contributed by atoms with van der Waals surface area (Å²) < 4.78 is 37.0. The number of nitro groups is 1. The SMILES string of the molecule is COc1cc2[nH]c3ncnc(N4CCN(C(=S)Nc5ncc(S(=O)(=O)c6ccc([N+](=O)[O-])cc6)s5)CC4)c3c2cc1OC. The molecule has 1 aliphatic heterocycles. The summed E-state index contributed by atoms with van der Waals surface area (Å²) in [5.74, 6) is 2.02. The molecule has 5 aromatic rings. The van der Waals surface area contributed by atoms with Crippen LogP contribution in [0.15, 0.2) is 58.0 Å². The quantitative estimate of drug-likeness (QED) is 0.150. The predicted octanol–water partition coefficient (Wildman–Crippen LogP) is 3.84. The number of non-ortho nitro benzene ring substituents is 1. The van der Waals surface area contributed by atoms with Crippen molar-refractivity contribution < 1.29 is 22.8 Å². The van der Waals surface area contributed by atoms with Gasteiger partial charge in [-0.3, -0.25) is 10.1 Å². The van der Waals surface area contributed by atoms with Crippen molar-refractivity contribution in [2.75, 3.05) is 50.6 Å². The number of piperazine rings is 1. The number of hydrogen-bond donors (Lipinski definition) is 2. The molecule has 0 amide bonds. The number of nitro benzene ring substituents is 1. The third-order valence-electron chi connectivity index (χ3n) is 7.06. The summed E-state index contributed by atoms with van der Waals surface area (Å²) in [5.41, 5.74) is 1.37. The van der Waals surface area contributed by atoms with Gasteiger partial charge in [0.05, 0.1) is 41.1 Å². The number of nitrogens with one attached hydrogen (secondary N) is 2. The van der Waals surface area contributed by atoms with Gasteiger partial charge in [-0.25, -0.2) is 23.4 Å². The fraction of sp³-hybridized carbons (Fsp3) is 0.231. The van der Waals surface area contributed by atoms with Gasteiger partial charge >= 0.3 is 0 Å². The number of benzene rings is 2. The number of methoxy groups -OCH3 is 2. The minimum atomic E-state index is -3.90. The van der Waals surface area contributed by atoms with Crippen molar-refractivity contribution in [3.8, 4) is 11.5 Å². The number of ether oxygens (including phenoxy) is 2. The molecule has 0 bridgehead atoms. The van der Waals surface area contributed by atoms with E-state index in [4.69, 9.17) is 21.7 Å². The molecule has 1 fully saturated rings. The molecule has 1 saturated heterocycles. The van der Waals surface area contributed by atoms with Crippen LogP contribution in [-0.2, 0) is 9.84 Å². The molecule has 17 heteroatoms. The van der Waals surface area contributed by atoms with E-state index in [1.165, 1.54) is 24.7 Å². The molecule has 43 heavy (non-hydrogen) atoms. The normalized spacial score (nSPS) is 13.8. The third-order valence-corrected chi connectivity index (χ3v) is 10.6. The first kappa shape index (κ1) is 28.5. The Morgan fingerprint density at radius 1 is 1.07 bits per heavy atom. The number of fused-ring (bicyclic) bond motifs is 3. The lowest BCUT2D eigenvalue weighted by Gasteiger charge is -2.36. The number of H-pyrrole nitrogens is 1. The molecule has 2 aromatic carbocycles. The maximum atomic E-state index is 13.0. The van der Waals surface area contributed by atoms with Crippen LogP contribution in [0.2, 0.25) is 0 Å². The second-order valence-corrected chi connectivity index (χ2v) is 13.0. The zero-order valence-corrected chi connectivity index (χ0v) is 25.3. The first-order valence-corrected chi connectivity index (χ1v) is 15.5. The number of anilines is 2. The second kappa shape index (κ2) is 11.2. The summed E-state index contributed by atoms with van der Waals surface area (Å²) in [7, 11) is -0.711. The van der Waals surface area contributed by atoms with E-state index >= 15 is 0 Å². The number of thiocarbonyl (C=S) groups is 1. The monoisotopic (exact) mass is 640 g/mol. The van der Waals surface area contributed by atoms with Gasteiger partial charge in [0.1, 0.15) is 22.0 Å². The first-order valence-electron chi connectivity index (χ1n) is 12.8. The second-order valence-electron chi connectivity index (χ2n) is 9.44. The Morgan fingerprint density at radius 3 is 2.44 bits per heavy atom. The van der Waals surface area contributed by atoms with Crippen LogP contribution >= 0.6 is 23.6 Å². The molecule has 6 rings (SSSR count). The van der Waals surface area contributed by atoms with E-state index in [0.717, 1.165) is 45.6 Å². The van der Waals surface area contributed by atoms with Gasteiger partial charge in [-0.2, -0.15) is 0 Å². The average molecular weight is 641 g/mol. The van der Waals surface area contributed by atoms with Gasteiger partial charge in [-0.1, -0.05) is 11.3 Å². The smallest absolute Gasteiger partial charge is 0.269 e. The highest BCUT2D eigenvalue weighted by Gasteiger charge is 2.26. The topological polar surface area (TPSA) is 169 Å². The van der Waals surface area contributed by atoms with E-state index in [9.17, 15) is 18.5 Å². The molecule has 2 N–H and O–H groups in total. The van der Waals surface area contributed by atoms with Crippen molar-refractivity contribution in [3.63, 3.8) is 0 Å². The number of rotatable bonds is 7. The lowest BCUT2D eigenvalue weighted by atomic mass is 10.1. The zero-order chi connectivity index (χ0) is 30.3. The van der Waals surface area contributed by atoms with Crippen LogP contribution in [0.1, 0.15) is 0 Å². The lowest BCUT2D eigenvalue weighted by Crippen LogP contribution is -2.50. The van der Waals surface area contributed by atoms with Crippen LogP contribution in [0.3, 0.4) is 0 Å². The summed E-state index contributed by atoms with van der Waals surface area (Å²) >= 11 is 6.55. The summed E-state index contributed by atoms with van der Waals surface area (Å²) in [4.78, 5) is 31.0. The van der Waals surface area contributed by atoms with Crippen molar-refractivity contribution >= 4 is 77.1 Å². The van der Waals surface area contributed by atoms with E-state index < -0.39 is 14.8 Å². The van der Waals surface area contributed by atoms with E-state index in [2.05, 4.69) is 30.2 Å². The number of hydrogen-bond acceptors (Lipinski definition) is 12. The zero-order valence-electron chi connectivity index (χ0n) is 22.8. The van der Waals surface area contributed by atoms with Crippen LogP contribution in [0.25, 0.3) is 21.9 Å². The summed E-state index contributed by atoms with van der Waals surface area (Å²) in [5, 5.41) is 16.5. The maximum Gasteiger partial charge on any atom is 0.269 e. The van der Waals surface area contributed by atoms with Gasteiger partial charge in [0.15, 0.2) is 21.7 Å². The van der Waals surface area contributed by atoms with Gasteiger partial charge in [0.2, 0.25) is 9.84 Å². The molecule has 0 atom stereocenters. The van der Waals surface area contributed by atoms with Crippen molar-refractivity contribution in [1.82, 2.24) is 24.8 Å². The molecule has 3 aromatic heterocycles. The van der Waals surface area contributed by atoms with Gasteiger partial charge < -0.3 is 29.6 Å². The summed E-state index contributed by atoms with van der Waals surface area (Å²) in [6.07, 6.45) is 2.78. The van der Waals surface area contributed by atoms with E-state index in [1.807, 2.05) is 17.0 Å². The highest BCUT2D eigenvalue weighted by Crippen LogP contribution is 2.38. The summed E-state index contributed by atoms with van der Waals surface area (Å²) in [6, 6.07) is 8.52. The number of sulfone groups is 1. The van der Waals surface area contributed by atoms with E-state index in [1.54, 1.807) is 14.2 Å². The van der Waals surface area contributed by atoms with Crippen LogP contribution in [0.4, 0.5) is 16.6 Å². The molecular formula is C26H24N8O6S3. The van der Waals surface area contributed by atoms with Crippen LogP contribution in [0, 0.1) is 10.1 Å². The standard InChI is InChI=1S/C26H24N8O6S3/c1-39-19-11-17-18(12-20(19)40-2)30-23-22(17)24(29-14-28-23)32-7-9-33(10-8-32)26(41)31-25-27-13-21(42-25)43(37,38)16-5-3-15(4-6-16)34(35)36/h3-6,11-14H,7-10H2,1-2H3,(H,27,31,41)(H,28,29,30). The maximum absolute atomic E-state index is 13.0. The van der Waals surface area contributed by atoms with Gasteiger partial charge in [0.25, 0.3) is 5.69 Å². The number of aromatic amines is 1. The van der Waals surface area contributed by atoms with Crippen LogP contribution < -0.4 is 19.7 Å². The van der Waals surface area contributed by atoms with Crippen LogP contribution in [0.5, 0.6) is 11.5 Å². The first-order chi connectivity index (χ1) is 20.7. The molecule has 0 saturated carbocycles. The molecule has 1 aliphatic rings. The molecule has 222 valence electrons. The fourth-order valence-corrected chi connectivity index (χ4v) is 7.65. The Balaban J connectivity index is 1.15. The highest BCUT2D eigenvalue weighted by molar-refractivity contribution is 7.93. The molecule has 0 radical (unpaired) electrons.